The van der Waals surface area contributed by atoms with Crippen molar-refractivity contribution in [3.05, 3.63) is 0 Å². The van der Waals surface area contributed by atoms with Crippen LogP contribution in [0.25, 0.3) is 0 Å². The van der Waals surface area contributed by atoms with E-state index < -0.39 is 17.6 Å². The van der Waals surface area contributed by atoms with Gasteiger partial charge in [-0.3, -0.25) is 9.59 Å². The van der Waals surface area contributed by atoms with Gasteiger partial charge in [0.25, 0.3) is 0 Å². The first-order valence-electron chi connectivity index (χ1n) is 17.4. The molecule has 0 bridgehead atoms. The zero-order valence-electron chi connectivity index (χ0n) is 29.0. The molecule has 0 saturated carbocycles. The molecule has 0 radical (unpaired) electrons. The van der Waals surface area contributed by atoms with Crippen molar-refractivity contribution in [1.82, 2.24) is 4.90 Å². The quantitative estimate of drug-likeness (QED) is 0.0539. The van der Waals surface area contributed by atoms with E-state index in [1.54, 1.807) is 0 Å². The van der Waals surface area contributed by atoms with Crippen LogP contribution in [0.15, 0.2) is 0 Å². The molecule has 0 rings (SSSR count). The fourth-order valence-electron chi connectivity index (χ4n) is 5.32. The zero-order chi connectivity index (χ0) is 32.2. The number of hydrogen-bond donors (Lipinski definition) is 0. The third-order valence-corrected chi connectivity index (χ3v) is 13.7. The molecule has 11 heteroatoms. The predicted octanol–water partition coefficient (Wildman–Crippen LogP) is 7.22. The Hall–Kier alpha value is -0.506. The number of nitrogens with zero attached hydrogens (tertiary/aromatic N) is 1. The molecule has 0 aromatic rings. The Labute approximate surface area is 266 Å². The topological polar surface area (TPSA) is 92.8 Å². The summed E-state index contributed by atoms with van der Waals surface area (Å²) in [5, 5.41) is 0. The molecule has 0 aromatic heterocycles. The fraction of sp³-hybridized carbons (Fsp3) is 0.938. The van der Waals surface area contributed by atoms with Crippen molar-refractivity contribution < 1.29 is 36.1 Å². The van der Waals surface area contributed by atoms with Gasteiger partial charge in [-0.25, -0.2) is 0 Å². The molecule has 0 unspecified atom stereocenters. The second-order valence-electron chi connectivity index (χ2n) is 10.8. The molecule has 43 heavy (non-hydrogen) atoms. The van der Waals surface area contributed by atoms with Gasteiger partial charge in [-0.05, 0) is 113 Å². The Balaban J connectivity index is 4.08. The molecule has 0 amide bonds. The van der Waals surface area contributed by atoms with Crippen molar-refractivity contribution in [2.24, 2.45) is 0 Å². The molecule has 0 aliphatic carbocycles. The number of carbonyl (C=O) groups excluding carboxylic acids is 2. The third-order valence-electron chi connectivity index (χ3n) is 7.37. The first-order chi connectivity index (χ1) is 20.8. The lowest BCUT2D eigenvalue weighted by atomic mass is 10.1. The number of hydrogen-bond acceptors (Lipinski definition) is 9. The van der Waals surface area contributed by atoms with Crippen molar-refractivity contribution >= 4 is 29.2 Å². The van der Waals surface area contributed by atoms with E-state index in [2.05, 4.69) is 11.8 Å². The number of Topliss-reactive ketones (excluding diaryl/α,β-unsaturated/α-hetero) is 2. The minimum absolute atomic E-state index is 0.347. The first-order valence-corrected chi connectivity index (χ1v) is 21.2. The van der Waals surface area contributed by atoms with Gasteiger partial charge in [0, 0.05) is 77.4 Å². The summed E-state index contributed by atoms with van der Waals surface area (Å²) in [5.41, 5.74) is 0. The van der Waals surface area contributed by atoms with Gasteiger partial charge in [0.15, 0.2) is 0 Å². The molecule has 0 N–H and O–H groups in total. The molecule has 0 atom stereocenters. The maximum atomic E-state index is 12.4. The van der Waals surface area contributed by atoms with Gasteiger partial charge in [-0.1, -0.05) is 6.92 Å². The van der Waals surface area contributed by atoms with Crippen LogP contribution in [0.2, 0.25) is 12.1 Å². The largest absolute Gasteiger partial charge is 0.500 e. The van der Waals surface area contributed by atoms with E-state index in [0.717, 1.165) is 83.1 Å². The van der Waals surface area contributed by atoms with E-state index in [-0.39, 0.29) is 0 Å². The van der Waals surface area contributed by atoms with Crippen LogP contribution in [0.5, 0.6) is 0 Å². The van der Waals surface area contributed by atoms with Gasteiger partial charge in [0.2, 0.25) is 0 Å². The summed E-state index contributed by atoms with van der Waals surface area (Å²) >= 11 is 0. The SMILES string of the molecule is CCO[Si](CCCCC(=O)CCCCN(CC)CCCCC(=O)CCCC[Si](OCC)(OCC)OCC)(OCC)OCC. The van der Waals surface area contributed by atoms with Crippen LogP contribution < -0.4 is 0 Å². The summed E-state index contributed by atoms with van der Waals surface area (Å²) < 4.78 is 35.4. The second kappa shape index (κ2) is 27.8. The summed E-state index contributed by atoms with van der Waals surface area (Å²) in [4.78, 5) is 27.3. The van der Waals surface area contributed by atoms with Crippen LogP contribution in [-0.2, 0) is 36.1 Å². The van der Waals surface area contributed by atoms with Crippen LogP contribution in [0.4, 0.5) is 0 Å². The molecule has 0 heterocycles. The Morgan fingerprint density at radius 2 is 0.721 bits per heavy atom. The molecule has 0 spiro atoms. The lowest BCUT2D eigenvalue weighted by Gasteiger charge is -2.28. The van der Waals surface area contributed by atoms with Gasteiger partial charge < -0.3 is 31.5 Å². The van der Waals surface area contributed by atoms with Crippen LogP contribution >= 0.6 is 0 Å². The van der Waals surface area contributed by atoms with E-state index in [4.69, 9.17) is 26.6 Å². The highest BCUT2D eigenvalue weighted by atomic mass is 28.4. The maximum absolute atomic E-state index is 12.4. The molecule has 256 valence electrons. The molecular formula is C32H67NO8Si2. The normalized spacial score (nSPS) is 12.4. The Kier molecular flexibility index (Phi) is 27.4. The van der Waals surface area contributed by atoms with Crippen LogP contribution in [0, 0.1) is 0 Å². The molecule has 0 aliphatic heterocycles. The molecule has 0 aliphatic rings. The lowest BCUT2D eigenvalue weighted by molar-refractivity contribution is -0.120. The summed E-state index contributed by atoms with van der Waals surface area (Å²) in [6.07, 6.45) is 9.97. The van der Waals surface area contributed by atoms with Gasteiger partial charge in [0.1, 0.15) is 11.6 Å². The average molecular weight is 650 g/mol. The monoisotopic (exact) mass is 649 g/mol. The second-order valence-corrected chi connectivity index (χ2v) is 16.3. The highest BCUT2D eigenvalue weighted by molar-refractivity contribution is 6.61. The van der Waals surface area contributed by atoms with Crippen molar-refractivity contribution in [3.8, 4) is 0 Å². The van der Waals surface area contributed by atoms with E-state index in [9.17, 15) is 9.59 Å². The molecule has 0 fully saturated rings. The first kappa shape index (κ1) is 42.5. The highest BCUT2D eigenvalue weighted by Gasteiger charge is 2.40. The van der Waals surface area contributed by atoms with Gasteiger partial charge in [0.05, 0.1) is 0 Å². The lowest BCUT2D eigenvalue weighted by Crippen LogP contribution is -2.45. The summed E-state index contributed by atoms with van der Waals surface area (Å²) in [5.74, 6) is 0.694. The van der Waals surface area contributed by atoms with Gasteiger partial charge in [-0.2, -0.15) is 0 Å². The third kappa shape index (κ3) is 21.0. The summed E-state index contributed by atoms with van der Waals surface area (Å²) in [7, 11) is -5.21. The maximum Gasteiger partial charge on any atom is 0.500 e. The van der Waals surface area contributed by atoms with E-state index in [1.807, 2.05) is 41.5 Å². The Morgan fingerprint density at radius 3 is 0.977 bits per heavy atom. The van der Waals surface area contributed by atoms with Crippen LogP contribution in [0.3, 0.4) is 0 Å². The van der Waals surface area contributed by atoms with E-state index >= 15 is 0 Å². The minimum Gasteiger partial charge on any atom is -0.374 e. The molecule has 9 nitrogen and oxygen atoms in total. The standard InChI is InChI=1S/C32H67NO8Si2/c1-8-33(27-19-15-23-31(34)25-17-21-29-42(36-9-2,37-10-3)38-11-4)28-20-16-24-32(35)26-18-22-30-43(39-12-5,40-13-6)41-14-7/h8-30H2,1-7H3. The summed E-state index contributed by atoms with van der Waals surface area (Å²) in [6, 6.07) is 1.54. The molecule has 0 saturated heterocycles. The number of ketones is 2. The fourth-order valence-corrected chi connectivity index (χ4v) is 10.7. The summed E-state index contributed by atoms with van der Waals surface area (Å²) in [6.45, 7) is 20.5. The number of rotatable bonds is 33. The van der Waals surface area contributed by atoms with Gasteiger partial charge in [-0.15, -0.1) is 0 Å². The van der Waals surface area contributed by atoms with Crippen molar-refractivity contribution in [1.29, 1.82) is 0 Å². The van der Waals surface area contributed by atoms with E-state index in [1.165, 1.54) is 0 Å². The molecular weight excluding hydrogens is 583 g/mol. The average Bonchev–Trinajstić information content (AvgIpc) is 2.97. The minimum atomic E-state index is -2.61. The Bertz CT molecular complexity index is 598. The smallest absolute Gasteiger partial charge is 0.374 e. The van der Waals surface area contributed by atoms with E-state index in [0.29, 0.717) is 76.9 Å². The van der Waals surface area contributed by atoms with Crippen molar-refractivity contribution in [2.75, 3.05) is 59.3 Å². The van der Waals surface area contributed by atoms with Crippen molar-refractivity contribution in [2.45, 2.75) is 138 Å². The highest BCUT2D eigenvalue weighted by Crippen LogP contribution is 2.21. The van der Waals surface area contributed by atoms with Crippen LogP contribution in [-0.4, -0.2) is 93.4 Å². The number of unbranched alkanes of at least 4 members (excludes halogenated alkanes) is 4. The predicted molar refractivity (Wildman–Crippen MR) is 178 cm³/mol. The number of carbonyl (C=O) groups is 2. The zero-order valence-corrected chi connectivity index (χ0v) is 31.0. The van der Waals surface area contributed by atoms with Gasteiger partial charge >= 0.3 is 17.6 Å². The van der Waals surface area contributed by atoms with Crippen LogP contribution in [0.1, 0.15) is 126 Å². The molecule has 0 aromatic carbocycles. The Morgan fingerprint density at radius 1 is 0.442 bits per heavy atom. The van der Waals surface area contributed by atoms with Crippen molar-refractivity contribution in [3.63, 3.8) is 0 Å².